The number of alkyl halides is 6. The zero-order valence-electron chi connectivity index (χ0n) is 17.1. The molecule has 172 valence electrons. The van der Waals surface area contributed by atoms with Crippen LogP contribution in [0.25, 0.3) is 6.08 Å². The standard InChI is InChI=1S/C23H21F6NO2/c1-15(31)4-5-16-8-11-20-18(13-16)3-2-12-30(20)14-17-6-9-19(10-7-17)21(32,22(24,25)26)23(27,28)29/h4-11,13,32H,2-3,12,14H2,1H3. The first-order valence-corrected chi connectivity index (χ1v) is 9.84. The van der Waals surface area contributed by atoms with Crippen LogP contribution < -0.4 is 4.90 Å². The number of nitrogens with zero attached hydrogens (tertiary/aromatic N) is 1. The molecule has 0 spiro atoms. The summed E-state index contributed by atoms with van der Waals surface area (Å²) in [5, 5.41) is 9.52. The van der Waals surface area contributed by atoms with Crippen molar-refractivity contribution < 1.29 is 36.2 Å². The van der Waals surface area contributed by atoms with Gasteiger partial charge < -0.3 is 10.0 Å². The third-order valence-corrected chi connectivity index (χ3v) is 5.39. The van der Waals surface area contributed by atoms with E-state index in [2.05, 4.69) is 0 Å². The van der Waals surface area contributed by atoms with Crippen molar-refractivity contribution in [2.75, 3.05) is 11.4 Å². The van der Waals surface area contributed by atoms with E-state index in [4.69, 9.17) is 0 Å². The van der Waals surface area contributed by atoms with Crippen LogP contribution in [0, 0.1) is 0 Å². The summed E-state index contributed by atoms with van der Waals surface area (Å²) in [6.45, 7) is 2.41. The molecule has 0 saturated heterocycles. The summed E-state index contributed by atoms with van der Waals surface area (Å²) < 4.78 is 78.3. The van der Waals surface area contributed by atoms with E-state index in [0.717, 1.165) is 41.8 Å². The number of anilines is 1. The van der Waals surface area contributed by atoms with E-state index in [0.29, 0.717) is 24.2 Å². The second kappa shape index (κ2) is 8.61. The van der Waals surface area contributed by atoms with E-state index in [1.165, 1.54) is 13.0 Å². The molecule has 2 aromatic rings. The van der Waals surface area contributed by atoms with Crippen LogP contribution in [0.1, 0.15) is 35.6 Å². The van der Waals surface area contributed by atoms with Gasteiger partial charge in [0.25, 0.3) is 5.60 Å². The van der Waals surface area contributed by atoms with Crippen molar-refractivity contribution in [3.8, 4) is 0 Å². The molecule has 9 heteroatoms. The maximum atomic E-state index is 13.1. The Morgan fingerprint density at radius 3 is 2.22 bits per heavy atom. The summed E-state index contributed by atoms with van der Waals surface area (Å²) in [5.41, 5.74) is -2.87. The summed E-state index contributed by atoms with van der Waals surface area (Å²) >= 11 is 0. The summed E-state index contributed by atoms with van der Waals surface area (Å²) in [5.74, 6) is -0.0734. The van der Waals surface area contributed by atoms with Gasteiger partial charge in [0, 0.05) is 24.3 Å². The summed E-state index contributed by atoms with van der Waals surface area (Å²) in [6, 6.07) is 9.33. The van der Waals surface area contributed by atoms with E-state index in [1.807, 2.05) is 23.1 Å². The fourth-order valence-electron chi connectivity index (χ4n) is 3.74. The normalized spacial score (nSPS) is 15.2. The van der Waals surface area contributed by atoms with Crippen LogP contribution in [-0.4, -0.2) is 29.8 Å². The number of ketones is 1. The zero-order valence-corrected chi connectivity index (χ0v) is 17.1. The van der Waals surface area contributed by atoms with Crippen molar-refractivity contribution in [3.63, 3.8) is 0 Å². The minimum absolute atomic E-state index is 0.0734. The molecule has 0 amide bonds. The number of halogens is 6. The van der Waals surface area contributed by atoms with E-state index in [-0.39, 0.29) is 12.3 Å². The molecule has 0 fully saturated rings. The van der Waals surface area contributed by atoms with Crippen LogP contribution >= 0.6 is 0 Å². The van der Waals surface area contributed by atoms with Crippen LogP contribution in [0.2, 0.25) is 0 Å². The van der Waals surface area contributed by atoms with Gasteiger partial charge in [-0.15, -0.1) is 0 Å². The number of aliphatic hydroxyl groups is 1. The Kier molecular flexibility index (Phi) is 6.42. The first-order valence-electron chi connectivity index (χ1n) is 9.84. The molecule has 0 aromatic heterocycles. The Morgan fingerprint density at radius 2 is 1.66 bits per heavy atom. The van der Waals surface area contributed by atoms with Gasteiger partial charge in [0.15, 0.2) is 5.78 Å². The molecule has 0 aliphatic carbocycles. The van der Waals surface area contributed by atoms with Gasteiger partial charge >= 0.3 is 12.4 Å². The average Bonchev–Trinajstić information content (AvgIpc) is 2.70. The van der Waals surface area contributed by atoms with Crippen molar-refractivity contribution in [3.05, 3.63) is 70.8 Å². The molecule has 1 N–H and O–H groups in total. The molecule has 0 unspecified atom stereocenters. The Hall–Kier alpha value is -2.81. The molecule has 0 atom stereocenters. The van der Waals surface area contributed by atoms with E-state index < -0.39 is 23.5 Å². The van der Waals surface area contributed by atoms with Gasteiger partial charge in [-0.2, -0.15) is 26.3 Å². The average molecular weight is 457 g/mol. The molecular weight excluding hydrogens is 436 g/mol. The van der Waals surface area contributed by atoms with Crippen molar-refractivity contribution >= 4 is 17.5 Å². The maximum Gasteiger partial charge on any atom is 0.430 e. The second-order valence-electron chi connectivity index (χ2n) is 7.76. The van der Waals surface area contributed by atoms with Gasteiger partial charge in [-0.05, 0) is 54.7 Å². The van der Waals surface area contributed by atoms with Crippen LogP contribution in [0.3, 0.4) is 0 Å². The summed E-state index contributed by atoms with van der Waals surface area (Å²) in [4.78, 5) is 13.1. The van der Waals surface area contributed by atoms with Gasteiger partial charge in [0.05, 0.1) is 0 Å². The molecule has 1 heterocycles. The molecule has 2 aromatic carbocycles. The molecule has 1 aliphatic rings. The highest BCUT2D eigenvalue weighted by atomic mass is 19.4. The largest absolute Gasteiger partial charge is 0.430 e. The smallest absolute Gasteiger partial charge is 0.369 e. The van der Waals surface area contributed by atoms with Crippen molar-refractivity contribution in [2.45, 2.75) is 44.3 Å². The van der Waals surface area contributed by atoms with Crippen molar-refractivity contribution in [1.82, 2.24) is 0 Å². The Balaban J connectivity index is 1.83. The van der Waals surface area contributed by atoms with E-state index in [1.54, 1.807) is 6.08 Å². The Morgan fingerprint density at radius 1 is 1.03 bits per heavy atom. The third-order valence-electron chi connectivity index (χ3n) is 5.39. The predicted molar refractivity (Wildman–Crippen MR) is 108 cm³/mol. The quantitative estimate of drug-likeness (QED) is 0.473. The monoisotopic (exact) mass is 457 g/mol. The Labute approximate surface area is 181 Å². The van der Waals surface area contributed by atoms with Crippen LogP contribution in [-0.2, 0) is 23.4 Å². The molecule has 0 bridgehead atoms. The van der Waals surface area contributed by atoms with Crippen molar-refractivity contribution in [1.29, 1.82) is 0 Å². The predicted octanol–water partition coefficient (Wildman–Crippen LogP) is 5.55. The molecule has 32 heavy (non-hydrogen) atoms. The minimum atomic E-state index is -5.91. The topological polar surface area (TPSA) is 40.5 Å². The fourth-order valence-corrected chi connectivity index (χ4v) is 3.74. The van der Waals surface area contributed by atoms with E-state index >= 15 is 0 Å². The second-order valence-corrected chi connectivity index (χ2v) is 7.76. The van der Waals surface area contributed by atoms with Gasteiger partial charge in [0.2, 0.25) is 0 Å². The number of benzene rings is 2. The molecular formula is C23H21F6NO2. The van der Waals surface area contributed by atoms with Crippen LogP contribution in [0.5, 0.6) is 0 Å². The molecule has 3 nitrogen and oxygen atoms in total. The number of rotatable bonds is 5. The third kappa shape index (κ3) is 4.67. The lowest BCUT2D eigenvalue weighted by atomic mass is 9.91. The lowest BCUT2D eigenvalue weighted by Crippen LogP contribution is -2.53. The number of fused-ring (bicyclic) bond motifs is 1. The highest BCUT2D eigenvalue weighted by molar-refractivity contribution is 5.91. The van der Waals surface area contributed by atoms with Gasteiger partial charge in [-0.3, -0.25) is 4.79 Å². The molecule has 0 saturated carbocycles. The van der Waals surface area contributed by atoms with Crippen LogP contribution in [0.4, 0.5) is 32.0 Å². The summed E-state index contributed by atoms with van der Waals surface area (Å²) in [6.07, 6.45) is -7.00. The zero-order chi connectivity index (χ0) is 23.7. The number of aryl methyl sites for hydroxylation is 1. The lowest BCUT2D eigenvalue weighted by Gasteiger charge is -2.33. The molecule has 3 rings (SSSR count). The van der Waals surface area contributed by atoms with Crippen molar-refractivity contribution in [2.24, 2.45) is 0 Å². The van der Waals surface area contributed by atoms with Gasteiger partial charge in [-0.1, -0.05) is 36.4 Å². The molecule has 0 radical (unpaired) electrons. The lowest BCUT2D eigenvalue weighted by molar-refractivity contribution is -0.376. The summed E-state index contributed by atoms with van der Waals surface area (Å²) in [7, 11) is 0. The number of carbonyl (C=O) groups excluding carboxylic acids is 1. The number of carbonyl (C=O) groups is 1. The molecule has 1 aliphatic heterocycles. The number of hydrogen-bond donors (Lipinski definition) is 1. The first-order chi connectivity index (χ1) is 14.8. The van der Waals surface area contributed by atoms with Gasteiger partial charge in [0.1, 0.15) is 0 Å². The maximum absolute atomic E-state index is 13.1. The van der Waals surface area contributed by atoms with E-state index in [9.17, 15) is 36.2 Å². The number of hydrogen-bond acceptors (Lipinski definition) is 3. The Bertz CT molecular complexity index is 995. The highest BCUT2D eigenvalue weighted by Gasteiger charge is 2.71. The van der Waals surface area contributed by atoms with Crippen LogP contribution in [0.15, 0.2) is 48.5 Å². The fraction of sp³-hybridized carbons (Fsp3) is 0.348. The minimum Gasteiger partial charge on any atom is -0.369 e. The highest BCUT2D eigenvalue weighted by Crippen LogP contribution is 2.50. The number of allylic oxidation sites excluding steroid dienone is 1. The van der Waals surface area contributed by atoms with Gasteiger partial charge in [-0.25, -0.2) is 0 Å². The SMILES string of the molecule is CC(=O)C=Cc1ccc2c(c1)CCCN2Cc1ccc(C(O)(C(F)(F)F)C(F)(F)F)cc1. The first kappa shape index (κ1) is 23.8.